The van der Waals surface area contributed by atoms with Crippen molar-refractivity contribution in [2.24, 2.45) is 0 Å². The van der Waals surface area contributed by atoms with Crippen molar-refractivity contribution in [3.8, 4) is 6.07 Å². The SMILES string of the molecule is CC(C)n1c(C#N)cc(C=O)c1Cl. The van der Waals surface area contributed by atoms with E-state index in [-0.39, 0.29) is 6.04 Å². The van der Waals surface area contributed by atoms with E-state index in [4.69, 9.17) is 16.9 Å². The highest BCUT2D eigenvalue weighted by molar-refractivity contribution is 6.32. The monoisotopic (exact) mass is 196 g/mol. The van der Waals surface area contributed by atoms with Crippen molar-refractivity contribution in [1.82, 2.24) is 4.57 Å². The Bertz CT molecular complexity index is 374. The van der Waals surface area contributed by atoms with E-state index in [1.54, 1.807) is 4.57 Å². The second-order valence-corrected chi connectivity index (χ2v) is 3.33. The number of hydrogen-bond acceptors (Lipinski definition) is 2. The Labute approximate surface area is 81.5 Å². The summed E-state index contributed by atoms with van der Waals surface area (Å²) >= 11 is 5.88. The summed E-state index contributed by atoms with van der Waals surface area (Å²) in [5.74, 6) is 0. The number of nitriles is 1. The van der Waals surface area contributed by atoms with Gasteiger partial charge in [0.25, 0.3) is 0 Å². The number of aldehydes is 1. The van der Waals surface area contributed by atoms with Crippen molar-refractivity contribution < 1.29 is 4.79 Å². The van der Waals surface area contributed by atoms with Crippen LogP contribution in [-0.4, -0.2) is 10.9 Å². The van der Waals surface area contributed by atoms with E-state index in [9.17, 15) is 4.79 Å². The molecule has 1 heterocycles. The van der Waals surface area contributed by atoms with Gasteiger partial charge < -0.3 is 4.57 Å². The third-order valence-electron chi connectivity index (χ3n) is 1.76. The molecule has 0 aliphatic heterocycles. The van der Waals surface area contributed by atoms with Crippen molar-refractivity contribution in [2.45, 2.75) is 19.9 Å². The highest BCUT2D eigenvalue weighted by atomic mass is 35.5. The van der Waals surface area contributed by atoms with Gasteiger partial charge in [0.15, 0.2) is 6.29 Å². The summed E-state index contributed by atoms with van der Waals surface area (Å²) in [6.07, 6.45) is 0.655. The van der Waals surface area contributed by atoms with E-state index in [1.807, 2.05) is 19.9 Å². The van der Waals surface area contributed by atoms with Crippen LogP contribution in [0.15, 0.2) is 6.07 Å². The molecule has 0 unspecified atom stereocenters. The van der Waals surface area contributed by atoms with E-state index in [0.29, 0.717) is 22.7 Å². The molecule has 1 rings (SSSR count). The Balaban J connectivity index is 3.39. The summed E-state index contributed by atoms with van der Waals surface area (Å²) in [6.45, 7) is 3.81. The molecule has 0 saturated heterocycles. The average Bonchev–Trinajstić information content (AvgIpc) is 2.41. The molecule has 0 radical (unpaired) electrons. The first-order valence-electron chi connectivity index (χ1n) is 3.87. The predicted octanol–water partition coefficient (Wildman–Crippen LogP) is 2.41. The molecule has 13 heavy (non-hydrogen) atoms. The van der Waals surface area contributed by atoms with Crippen LogP contribution in [0.25, 0.3) is 0 Å². The number of carbonyl (C=O) groups is 1. The number of halogens is 1. The van der Waals surface area contributed by atoms with Crippen LogP contribution in [0.3, 0.4) is 0 Å². The third-order valence-corrected chi connectivity index (χ3v) is 2.16. The van der Waals surface area contributed by atoms with Crippen molar-refractivity contribution in [3.05, 3.63) is 22.5 Å². The zero-order valence-corrected chi connectivity index (χ0v) is 8.17. The Morgan fingerprint density at radius 3 is 2.62 bits per heavy atom. The van der Waals surface area contributed by atoms with Crippen LogP contribution in [0.5, 0.6) is 0 Å². The minimum absolute atomic E-state index is 0.0795. The maximum absolute atomic E-state index is 10.5. The molecule has 0 spiro atoms. The fraction of sp³-hybridized carbons (Fsp3) is 0.333. The largest absolute Gasteiger partial charge is 0.320 e. The quantitative estimate of drug-likeness (QED) is 0.682. The molecule has 3 nitrogen and oxygen atoms in total. The second kappa shape index (κ2) is 3.63. The van der Waals surface area contributed by atoms with E-state index in [0.717, 1.165) is 0 Å². The van der Waals surface area contributed by atoms with Crippen LogP contribution in [0.4, 0.5) is 0 Å². The van der Waals surface area contributed by atoms with E-state index < -0.39 is 0 Å². The van der Waals surface area contributed by atoms with Crippen molar-refractivity contribution in [1.29, 1.82) is 5.26 Å². The van der Waals surface area contributed by atoms with Crippen LogP contribution in [-0.2, 0) is 0 Å². The number of carbonyl (C=O) groups excluding carboxylic acids is 1. The lowest BCUT2D eigenvalue weighted by Gasteiger charge is -2.09. The molecule has 68 valence electrons. The van der Waals surface area contributed by atoms with Gasteiger partial charge >= 0.3 is 0 Å². The van der Waals surface area contributed by atoms with Gasteiger partial charge in [0.1, 0.15) is 16.9 Å². The molecule has 0 amide bonds. The summed E-state index contributed by atoms with van der Waals surface area (Å²) in [5, 5.41) is 9.09. The maximum atomic E-state index is 10.5. The summed E-state index contributed by atoms with van der Waals surface area (Å²) in [7, 11) is 0. The summed E-state index contributed by atoms with van der Waals surface area (Å²) < 4.78 is 1.63. The Hall–Kier alpha value is -1.27. The Morgan fingerprint density at radius 2 is 2.31 bits per heavy atom. The van der Waals surface area contributed by atoms with Gasteiger partial charge in [-0.25, -0.2) is 0 Å². The lowest BCUT2D eigenvalue weighted by atomic mass is 10.3. The molecule has 0 saturated carbocycles. The van der Waals surface area contributed by atoms with Crippen LogP contribution >= 0.6 is 11.6 Å². The lowest BCUT2D eigenvalue weighted by Crippen LogP contribution is -2.03. The highest BCUT2D eigenvalue weighted by Gasteiger charge is 2.14. The lowest BCUT2D eigenvalue weighted by molar-refractivity contribution is 0.112. The molecule has 0 N–H and O–H groups in total. The smallest absolute Gasteiger partial charge is 0.153 e. The van der Waals surface area contributed by atoms with Gasteiger partial charge in [0.05, 0.1) is 5.56 Å². The molecule has 1 aromatic rings. The van der Waals surface area contributed by atoms with Crippen molar-refractivity contribution >= 4 is 17.9 Å². The fourth-order valence-corrected chi connectivity index (χ4v) is 1.58. The molecular formula is C9H9ClN2O. The molecule has 1 aromatic heterocycles. The van der Waals surface area contributed by atoms with Gasteiger partial charge in [0.2, 0.25) is 0 Å². The highest BCUT2D eigenvalue weighted by Crippen LogP contribution is 2.23. The average molecular weight is 197 g/mol. The summed E-state index contributed by atoms with van der Waals surface area (Å²) in [4.78, 5) is 10.5. The maximum Gasteiger partial charge on any atom is 0.153 e. The molecule has 4 heteroatoms. The Kier molecular flexibility index (Phi) is 2.74. The molecule has 0 fully saturated rings. The van der Waals surface area contributed by atoms with Crippen LogP contribution < -0.4 is 0 Å². The van der Waals surface area contributed by atoms with Gasteiger partial charge in [-0.05, 0) is 19.9 Å². The normalized spacial score (nSPS) is 10.1. The molecule has 0 aromatic carbocycles. The second-order valence-electron chi connectivity index (χ2n) is 2.97. The van der Waals surface area contributed by atoms with Gasteiger partial charge in [-0.15, -0.1) is 0 Å². The molecular weight excluding hydrogens is 188 g/mol. The Morgan fingerprint density at radius 1 is 1.69 bits per heavy atom. The molecule has 0 bridgehead atoms. The summed E-state index contributed by atoms with van der Waals surface area (Å²) in [6, 6.07) is 3.57. The topological polar surface area (TPSA) is 45.8 Å². The van der Waals surface area contributed by atoms with Crippen LogP contribution in [0, 0.1) is 11.3 Å². The minimum Gasteiger partial charge on any atom is -0.320 e. The number of nitrogens with zero attached hydrogens (tertiary/aromatic N) is 2. The van der Waals surface area contributed by atoms with Gasteiger partial charge in [0, 0.05) is 6.04 Å². The molecule has 0 aliphatic carbocycles. The van der Waals surface area contributed by atoms with E-state index in [2.05, 4.69) is 0 Å². The van der Waals surface area contributed by atoms with Gasteiger partial charge in [-0.2, -0.15) is 5.26 Å². The zero-order chi connectivity index (χ0) is 10.0. The number of aromatic nitrogens is 1. The van der Waals surface area contributed by atoms with Crippen LogP contribution in [0.2, 0.25) is 5.15 Å². The predicted molar refractivity (Wildman–Crippen MR) is 49.9 cm³/mol. The first-order valence-corrected chi connectivity index (χ1v) is 4.25. The first kappa shape index (κ1) is 9.82. The number of hydrogen-bond donors (Lipinski definition) is 0. The van der Waals surface area contributed by atoms with Gasteiger partial charge in [-0.3, -0.25) is 4.79 Å². The molecule has 0 aliphatic rings. The van der Waals surface area contributed by atoms with Gasteiger partial charge in [-0.1, -0.05) is 11.6 Å². The van der Waals surface area contributed by atoms with E-state index >= 15 is 0 Å². The van der Waals surface area contributed by atoms with Crippen molar-refractivity contribution in [3.63, 3.8) is 0 Å². The third kappa shape index (κ3) is 1.58. The zero-order valence-electron chi connectivity index (χ0n) is 7.41. The number of rotatable bonds is 2. The standard InChI is InChI=1S/C9H9ClN2O/c1-6(2)12-8(4-11)3-7(5-13)9(12)10/h3,5-6H,1-2H3. The van der Waals surface area contributed by atoms with E-state index in [1.165, 1.54) is 6.07 Å². The molecule has 0 atom stereocenters. The minimum atomic E-state index is 0.0795. The summed E-state index contributed by atoms with van der Waals surface area (Å²) in [5.41, 5.74) is 0.786. The van der Waals surface area contributed by atoms with Crippen LogP contribution in [0.1, 0.15) is 35.9 Å². The first-order chi connectivity index (χ1) is 6.11. The fourth-order valence-electron chi connectivity index (χ4n) is 1.19. The van der Waals surface area contributed by atoms with Crippen molar-refractivity contribution in [2.75, 3.05) is 0 Å².